The largest absolute Gasteiger partial charge is 0.460 e. The molecule has 0 radical (unpaired) electrons. The molecule has 41 heavy (non-hydrogen) atoms. The number of ether oxygens (including phenoxy) is 1. The Hall–Kier alpha value is -3.73. The van der Waals surface area contributed by atoms with E-state index < -0.39 is 0 Å². The van der Waals surface area contributed by atoms with Crippen molar-refractivity contribution < 1.29 is 9.53 Å². The summed E-state index contributed by atoms with van der Waals surface area (Å²) in [4.78, 5) is 18.6. The van der Waals surface area contributed by atoms with E-state index >= 15 is 0 Å². The summed E-state index contributed by atoms with van der Waals surface area (Å²) in [5.41, 5.74) is 10.6. The summed E-state index contributed by atoms with van der Waals surface area (Å²) in [5, 5.41) is 0. The number of esters is 1. The number of nitrogens with zero attached hydrogens (tertiary/aromatic N) is 3. The zero-order chi connectivity index (χ0) is 30.1. The molecule has 0 saturated heterocycles. The standard InChI is InChI=1S/C36H49N3O2/c1-10-38(11-2)31-18-20-33(27(7)24-31)35(34-21-19-32(25-28(34)8)39(12-3)13-4)29-14-16-30(17-15-29)37(9)22-23-41-36(40)26(5)6/h14-21,24-25,35H,5,10-13,22-23H2,1-4,6-9H3. The molecule has 0 spiro atoms. The first kappa shape index (κ1) is 31.8. The maximum absolute atomic E-state index is 11.7. The van der Waals surface area contributed by atoms with Crippen LogP contribution < -0.4 is 14.7 Å². The second-order valence-electron chi connectivity index (χ2n) is 10.8. The number of anilines is 3. The van der Waals surface area contributed by atoms with Gasteiger partial charge in [-0.25, -0.2) is 4.79 Å². The molecule has 3 aromatic rings. The first-order valence-corrected chi connectivity index (χ1v) is 15.0. The van der Waals surface area contributed by atoms with Crippen molar-refractivity contribution in [3.63, 3.8) is 0 Å². The molecular formula is C36H49N3O2. The van der Waals surface area contributed by atoms with Gasteiger partial charge in [0, 0.05) is 61.8 Å². The summed E-state index contributed by atoms with van der Waals surface area (Å²) >= 11 is 0. The van der Waals surface area contributed by atoms with Crippen LogP contribution in [-0.4, -0.2) is 52.3 Å². The highest BCUT2D eigenvalue weighted by Crippen LogP contribution is 2.38. The summed E-state index contributed by atoms with van der Waals surface area (Å²) in [6.45, 7) is 23.5. The minimum absolute atomic E-state index is 0.113. The van der Waals surface area contributed by atoms with Crippen molar-refractivity contribution in [3.05, 3.63) is 101 Å². The van der Waals surface area contributed by atoms with Crippen molar-refractivity contribution in [2.45, 2.75) is 54.4 Å². The third-order valence-electron chi connectivity index (χ3n) is 8.06. The molecule has 0 aliphatic carbocycles. The monoisotopic (exact) mass is 555 g/mol. The van der Waals surface area contributed by atoms with Gasteiger partial charge in [0.05, 0.1) is 6.54 Å². The van der Waals surface area contributed by atoms with Gasteiger partial charge in [0.2, 0.25) is 0 Å². The molecule has 0 bridgehead atoms. The van der Waals surface area contributed by atoms with Crippen molar-refractivity contribution >= 4 is 23.0 Å². The van der Waals surface area contributed by atoms with Crippen molar-refractivity contribution in [1.29, 1.82) is 0 Å². The van der Waals surface area contributed by atoms with Crippen molar-refractivity contribution in [1.82, 2.24) is 0 Å². The number of hydrogen-bond donors (Lipinski definition) is 0. The topological polar surface area (TPSA) is 36.0 Å². The van der Waals surface area contributed by atoms with E-state index in [0.29, 0.717) is 18.7 Å². The Balaban J connectivity index is 2.00. The fraction of sp³-hybridized carbons (Fsp3) is 0.417. The minimum atomic E-state index is -0.346. The van der Waals surface area contributed by atoms with E-state index in [4.69, 9.17) is 4.74 Å². The van der Waals surface area contributed by atoms with E-state index in [9.17, 15) is 4.79 Å². The smallest absolute Gasteiger partial charge is 0.333 e. The van der Waals surface area contributed by atoms with E-state index in [1.807, 2.05) is 7.05 Å². The van der Waals surface area contributed by atoms with Gasteiger partial charge in [-0.15, -0.1) is 0 Å². The van der Waals surface area contributed by atoms with Gasteiger partial charge in [-0.05, 0) is 113 Å². The number of hydrogen-bond acceptors (Lipinski definition) is 5. The highest BCUT2D eigenvalue weighted by atomic mass is 16.5. The van der Waals surface area contributed by atoms with Crippen LogP contribution >= 0.6 is 0 Å². The highest BCUT2D eigenvalue weighted by molar-refractivity contribution is 5.86. The van der Waals surface area contributed by atoms with Gasteiger partial charge in [-0.1, -0.05) is 30.8 Å². The molecule has 0 N–H and O–H groups in total. The average Bonchev–Trinajstić information content (AvgIpc) is 2.96. The fourth-order valence-electron chi connectivity index (χ4n) is 5.51. The molecule has 5 heteroatoms. The van der Waals surface area contributed by atoms with Gasteiger partial charge in [-0.3, -0.25) is 0 Å². The van der Waals surface area contributed by atoms with Gasteiger partial charge >= 0.3 is 5.97 Å². The van der Waals surface area contributed by atoms with Gasteiger partial charge in [0.25, 0.3) is 0 Å². The molecule has 220 valence electrons. The zero-order valence-electron chi connectivity index (χ0n) is 26.5. The van der Waals surface area contributed by atoms with Crippen molar-refractivity contribution in [3.8, 4) is 0 Å². The second-order valence-corrected chi connectivity index (χ2v) is 10.8. The van der Waals surface area contributed by atoms with E-state index in [-0.39, 0.29) is 11.9 Å². The maximum atomic E-state index is 11.7. The van der Waals surface area contributed by atoms with Gasteiger partial charge in [0.15, 0.2) is 0 Å². The Morgan fingerprint density at radius 3 is 1.59 bits per heavy atom. The molecule has 3 aromatic carbocycles. The van der Waals surface area contributed by atoms with E-state index in [0.717, 1.165) is 31.9 Å². The SMILES string of the molecule is C=C(C)C(=O)OCCN(C)c1ccc(C(c2ccc(N(CC)CC)cc2C)c2ccc(N(CC)CC)cc2C)cc1. The van der Waals surface area contributed by atoms with Crippen LogP contribution in [0.1, 0.15) is 68.4 Å². The highest BCUT2D eigenvalue weighted by Gasteiger charge is 2.22. The number of rotatable bonds is 14. The number of carbonyl (C=O) groups is 1. The molecule has 3 rings (SSSR count). The van der Waals surface area contributed by atoms with Gasteiger partial charge in [0.1, 0.15) is 6.61 Å². The van der Waals surface area contributed by atoms with Crippen LogP contribution in [0.15, 0.2) is 72.8 Å². The summed E-state index contributed by atoms with van der Waals surface area (Å²) in [5.74, 6) is -0.233. The molecule has 0 aliphatic heterocycles. The molecule has 0 atom stereocenters. The lowest BCUT2D eigenvalue weighted by molar-refractivity contribution is -0.138. The summed E-state index contributed by atoms with van der Waals surface area (Å²) in [7, 11) is 2.02. The van der Waals surface area contributed by atoms with Crippen molar-refractivity contribution in [2.75, 3.05) is 61.1 Å². The van der Waals surface area contributed by atoms with Crippen LogP contribution in [0.3, 0.4) is 0 Å². The van der Waals surface area contributed by atoms with Crippen LogP contribution in [-0.2, 0) is 9.53 Å². The normalized spacial score (nSPS) is 11.0. The molecule has 5 nitrogen and oxygen atoms in total. The summed E-state index contributed by atoms with van der Waals surface area (Å²) in [6, 6.07) is 22.7. The lowest BCUT2D eigenvalue weighted by atomic mass is 9.81. The maximum Gasteiger partial charge on any atom is 0.333 e. The number of carbonyl (C=O) groups excluding carboxylic acids is 1. The third kappa shape index (κ3) is 7.72. The Kier molecular flexibility index (Phi) is 11.5. The van der Waals surface area contributed by atoms with Crippen molar-refractivity contribution in [2.24, 2.45) is 0 Å². The lowest BCUT2D eigenvalue weighted by Crippen LogP contribution is -2.24. The average molecular weight is 556 g/mol. The predicted octanol–water partition coefficient (Wildman–Crippen LogP) is 7.73. The third-order valence-corrected chi connectivity index (χ3v) is 8.06. The quantitative estimate of drug-likeness (QED) is 0.116. The Labute approximate surface area is 248 Å². The van der Waals surface area contributed by atoms with Crippen LogP contribution in [0.2, 0.25) is 0 Å². The molecule has 0 aromatic heterocycles. The zero-order valence-corrected chi connectivity index (χ0v) is 26.5. The Bertz CT molecular complexity index is 1250. The van der Waals surface area contributed by atoms with Gasteiger partial charge < -0.3 is 19.4 Å². The van der Waals surface area contributed by atoms with E-state index in [1.165, 1.54) is 39.2 Å². The molecule has 0 unspecified atom stereocenters. The van der Waals surface area contributed by atoms with Crippen LogP contribution in [0.4, 0.5) is 17.1 Å². The summed E-state index contributed by atoms with van der Waals surface area (Å²) in [6.07, 6.45) is 0. The lowest BCUT2D eigenvalue weighted by Gasteiger charge is -2.28. The number of aryl methyl sites for hydroxylation is 2. The van der Waals surface area contributed by atoms with Gasteiger partial charge in [-0.2, -0.15) is 0 Å². The Morgan fingerprint density at radius 2 is 1.20 bits per heavy atom. The van der Waals surface area contributed by atoms with E-state index in [1.54, 1.807) is 6.92 Å². The predicted molar refractivity (Wildman–Crippen MR) is 176 cm³/mol. The van der Waals surface area contributed by atoms with Crippen LogP contribution in [0.5, 0.6) is 0 Å². The van der Waals surface area contributed by atoms with E-state index in [2.05, 4.69) is 123 Å². The molecular weight excluding hydrogens is 506 g/mol. The molecule has 0 aliphatic rings. The molecule has 0 amide bonds. The Morgan fingerprint density at radius 1 is 0.756 bits per heavy atom. The summed E-state index contributed by atoms with van der Waals surface area (Å²) < 4.78 is 5.30. The number of benzene rings is 3. The molecule has 0 saturated carbocycles. The fourth-order valence-corrected chi connectivity index (χ4v) is 5.51. The second kappa shape index (κ2) is 14.8. The minimum Gasteiger partial charge on any atom is -0.460 e. The van der Waals surface area contributed by atoms with Crippen LogP contribution in [0, 0.1) is 13.8 Å². The first-order chi connectivity index (χ1) is 19.6. The molecule has 0 heterocycles. The first-order valence-electron chi connectivity index (χ1n) is 15.0. The number of likely N-dealkylation sites (N-methyl/N-ethyl adjacent to an activating group) is 1. The van der Waals surface area contributed by atoms with Crippen LogP contribution in [0.25, 0.3) is 0 Å². The molecule has 0 fully saturated rings.